The minimum absolute atomic E-state index is 0.00288. The first kappa shape index (κ1) is 19.5. The molecule has 0 radical (unpaired) electrons. The van der Waals surface area contributed by atoms with Crippen LogP contribution >= 0.6 is 23.4 Å². The Bertz CT molecular complexity index is 753. The topological polar surface area (TPSA) is 38.3 Å². The monoisotopic (exact) mass is 389 g/mol. The molecule has 1 N–H and O–H groups in total. The minimum Gasteiger partial charge on any atom is -0.497 e. The smallest absolute Gasteiger partial charge is 0.417 e. The molecule has 0 saturated carbocycles. The van der Waals surface area contributed by atoms with Crippen molar-refractivity contribution in [2.75, 3.05) is 12.9 Å². The molecular weight excluding hydrogens is 375 g/mol. The van der Waals surface area contributed by atoms with Crippen LogP contribution in [-0.2, 0) is 17.5 Å². The number of nitrogens with one attached hydrogen (secondary N) is 1. The summed E-state index contributed by atoms with van der Waals surface area (Å²) in [6, 6.07) is 10.8. The van der Waals surface area contributed by atoms with E-state index in [1.54, 1.807) is 25.3 Å². The first-order chi connectivity index (χ1) is 11.8. The fourth-order valence-corrected chi connectivity index (χ4v) is 2.98. The summed E-state index contributed by atoms with van der Waals surface area (Å²) in [5.74, 6) is 0.404. The zero-order valence-corrected chi connectivity index (χ0v) is 14.8. The van der Waals surface area contributed by atoms with E-state index in [-0.39, 0.29) is 16.7 Å². The molecule has 3 nitrogen and oxygen atoms in total. The zero-order valence-electron chi connectivity index (χ0n) is 13.2. The van der Waals surface area contributed by atoms with Gasteiger partial charge in [0, 0.05) is 11.4 Å². The van der Waals surface area contributed by atoms with Gasteiger partial charge in [-0.05, 0) is 35.9 Å². The summed E-state index contributed by atoms with van der Waals surface area (Å²) in [5, 5.41) is 2.35. The van der Waals surface area contributed by atoms with E-state index in [0.29, 0.717) is 17.2 Å². The van der Waals surface area contributed by atoms with Gasteiger partial charge in [0.2, 0.25) is 5.91 Å². The maximum absolute atomic E-state index is 12.8. The second kappa shape index (κ2) is 8.49. The molecule has 0 aromatic heterocycles. The van der Waals surface area contributed by atoms with Crippen molar-refractivity contribution in [3.63, 3.8) is 0 Å². The Balaban J connectivity index is 1.89. The van der Waals surface area contributed by atoms with Gasteiger partial charge in [0.05, 0.1) is 23.4 Å². The first-order valence-corrected chi connectivity index (χ1v) is 8.55. The number of hydrogen-bond acceptors (Lipinski definition) is 3. The average Bonchev–Trinajstić information content (AvgIpc) is 2.58. The summed E-state index contributed by atoms with van der Waals surface area (Å²) < 4.78 is 43.5. The summed E-state index contributed by atoms with van der Waals surface area (Å²) in [5.41, 5.74) is -0.0421. The van der Waals surface area contributed by atoms with Gasteiger partial charge >= 0.3 is 6.18 Å². The van der Waals surface area contributed by atoms with E-state index in [0.717, 1.165) is 23.4 Å². The molecule has 0 fully saturated rings. The molecule has 2 aromatic carbocycles. The lowest BCUT2D eigenvalue weighted by Gasteiger charge is -2.11. The van der Waals surface area contributed by atoms with Gasteiger partial charge in [0.1, 0.15) is 5.75 Å². The molecule has 0 atom stereocenters. The van der Waals surface area contributed by atoms with E-state index in [2.05, 4.69) is 5.32 Å². The maximum Gasteiger partial charge on any atom is 0.417 e. The molecule has 8 heteroatoms. The fraction of sp³-hybridized carbons (Fsp3) is 0.235. The SMILES string of the molecule is COc1cccc(CNC(=O)CSc2ccc(Cl)c(C(F)(F)F)c2)c1. The average molecular weight is 390 g/mol. The Labute approximate surface area is 152 Å². The highest BCUT2D eigenvalue weighted by molar-refractivity contribution is 8.00. The highest BCUT2D eigenvalue weighted by atomic mass is 35.5. The third-order valence-electron chi connectivity index (χ3n) is 3.24. The van der Waals surface area contributed by atoms with Crippen molar-refractivity contribution in [2.45, 2.75) is 17.6 Å². The Hall–Kier alpha value is -1.86. The van der Waals surface area contributed by atoms with Gasteiger partial charge in [-0.25, -0.2) is 0 Å². The normalized spacial score (nSPS) is 11.2. The van der Waals surface area contributed by atoms with Crippen molar-refractivity contribution >= 4 is 29.3 Å². The number of carbonyl (C=O) groups excluding carboxylic acids is 1. The lowest BCUT2D eigenvalue weighted by Crippen LogP contribution is -2.24. The number of rotatable bonds is 6. The summed E-state index contributed by atoms with van der Waals surface area (Å²) in [4.78, 5) is 12.2. The van der Waals surface area contributed by atoms with Crippen molar-refractivity contribution in [1.29, 1.82) is 0 Å². The van der Waals surface area contributed by atoms with Gasteiger partial charge in [-0.3, -0.25) is 4.79 Å². The molecule has 0 spiro atoms. The molecular formula is C17H15ClF3NO2S. The number of halogens is 4. The van der Waals surface area contributed by atoms with Crippen LogP contribution < -0.4 is 10.1 Å². The highest BCUT2D eigenvalue weighted by Gasteiger charge is 2.33. The standard InChI is InChI=1S/C17H15ClF3NO2S/c1-24-12-4-2-3-11(7-12)9-22-16(23)10-25-13-5-6-15(18)14(8-13)17(19,20)21/h2-8H,9-10H2,1H3,(H,22,23). The number of amides is 1. The molecule has 134 valence electrons. The summed E-state index contributed by atoms with van der Waals surface area (Å²) in [6.45, 7) is 0.311. The van der Waals surface area contributed by atoms with Crippen LogP contribution in [0.5, 0.6) is 5.75 Å². The van der Waals surface area contributed by atoms with E-state index >= 15 is 0 Å². The zero-order chi connectivity index (χ0) is 18.4. The Kier molecular flexibility index (Phi) is 6.61. The van der Waals surface area contributed by atoms with Crippen molar-refractivity contribution in [2.24, 2.45) is 0 Å². The van der Waals surface area contributed by atoms with Gasteiger partial charge in [-0.15, -0.1) is 11.8 Å². The number of thioether (sulfide) groups is 1. The predicted octanol–water partition coefficient (Wildman–Crippen LogP) is 4.78. The molecule has 0 unspecified atom stereocenters. The van der Waals surface area contributed by atoms with Gasteiger partial charge in [0.15, 0.2) is 0 Å². The quantitative estimate of drug-likeness (QED) is 0.723. The Morgan fingerprint density at radius 2 is 2.00 bits per heavy atom. The van der Waals surface area contributed by atoms with Crippen molar-refractivity contribution in [3.05, 3.63) is 58.6 Å². The highest BCUT2D eigenvalue weighted by Crippen LogP contribution is 2.36. The number of methoxy groups -OCH3 is 1. The van der Waals surface area contributed by atoms with E-state index in [1.165, 1.54) is 12.1 Å². The summed E-state index contributed by atoms with van der Waals surface area (Å²) >= 11 is 6.58. The molecule has 1 amide bonds. The number of benzene rings is 2. The fourth-order valence-electron chi connectivity index (χ4n) is 1.99. The molecule has 2 aromatic rings. The van der Waals surface area contributed by atoms with Crippen LogP contribution in [0, 0.1) is 0 Å². The van der Waals surface area contributed by atoms with Gasteiger partial charge in [-0.1, -0.05) is 23.7 Å². The third kappa shape index (κ3) is 5.86. The molecule has 0 saturated heterocycles. The summed E-state index contributed by atoms with van der Waals surface area (Å²) in [7, 11) is 1.55. The van der Waals surface area contributed by atoms with E-state index in [9.17, 15) is 18.0 Å². The Morgan fingerprint density at radius 1 is 1.24 bits per heavy atom. The second-order valence-corrected chi connectivity index (χ2v) is 6.51. The van der Waals surface area contributed by atoms with E-state index in [4.69, 9.17) is 16.3 Å². The van der Waals surface area contributed by atoms with Crippen LogP contribution in [0.15, 0.2) is 47.4 Å². The van der Waals surface area contributed by atoms with Gasteiger partial charge in [-0.2, -0.15) is 13.2 Å². The molecule has 2 rings (SSSR count). The summed E-state index contributed by atoms with van der Waals surface area (Å²) in [6.07, 6.45) is -4.53. The lowest BCUT2D eigenvalue weighted by molar-refractivity contribution is -0.137. The largest absolute Gasteiger partial charge is 0.497 e. The van der Waals surface area contributed by atoms with Crippen LogP contribution in [0.3, 0.4) is 0 Å². The minimum atomic E-state index is -4.53. The van der Waals surface area contributed by atoms with Crippen LogP contribution in [0.4, 0.5) is 13.2 Å². The molecule has 25 heavy (non-hydrogen) atoms. The van der Waals surface area contributed by atoms with Gasteiger partial charge in [0.25, 0.3) is 0 Å². The van der Waals surface area contributed by atoms with Crippen molar-refractivity contribution in [3.8, 4) is 5.75 Å². The van der Waals surface area contributed by atoms with Crippen LogP contribution in [0.1, 0.15) is 11.1 Å². The molecule has 0 aliphatic carbocycles. The number of alkyl halides is 3. The lowest BCUT2D eigenvalue weighted by atomic mass is 10.2. The second-order valence-electron chi connectivity index (χ2n) is 5.06. The van der Waals surface area contributed by atoms with Crippen molar-refractivity contribution < 1.29 is 22.7 Å². The van der Waals surface area contributed by atoms with Crippen LogP contribution in [0.2, 0.25) is 5.02 Å². The predicted molar refractivity (Wildman–Crippen MR) is 92.0 cm³/mol. The number of ether oxygens (including phenoxy) is 1. The van der Waals surface area contributed by atoms with E-state index in [1.807, 2.05) is 6.07 Å². The van der Waals surface area contributed by atoms with Crippen LogP contribution in [0.25, 0.3) is 0 Å². The third-order valence-corrected chi connectivity index (χ3v) is 4.56. The molecule has 0 aliphatic heterocycles. The first-order valence-electron chi connectivity index (χ1n) is 7.19. The Morgan fingerprint density at radius 3 is 2.68 bits per heavy atom. The number of carbonyl (C=O) groups is 1. The number of hydrogen-bond donors (Lipinski definition) is 1. The van der Waals surface area contributed by atoms with E-state index < -0.39 is 11.7 Å². The maximum atomic E-state index is 12.8. The molecule has 0 aliphatic rings. The van der Waals surface area contributed by atoms with Crippen molar-refractivity contribution in [1.82, 2.24) is 5.32 Å². The van der Waals surface area contributed by atoms with Gasteiger partial charge < -0.3 is 10.1 Å². The molecule has 0 bridgehead atoms. The van der Waals surface area contributed by atoms with Crippen LogP contribution in [-0.4, -0.2) is 18.8 Å². The molecule has 0 heterocycles.